The minimum absolute atomic E-state index is 0.521. The lowest BCUT2D eigenvalue weighted by molar-refractivity contribution is 0.415. The molecule has 0 spiro atoms. The number of imidazole rings is 1. The summed E-state index contributed by atoms with van der Waals surface area (Å²) in [6.07, 6.45) is 3.51. The van der Waals surface area contributed by atoms with Crippen LogP contribution in [0.1, 0.15) is 33.1 Å². The molecule has 2 N–H and O–H groups in total. The lowest BCUT2D eigenvalue weighted by atomic mass is 10.1. The number of ether oxygens (including phenoxy) is 1. The molecule has 0 aliphatic heterocycles. The van der Waals surface area contributed by atoms with E-state index in [9.17, 15) is 0 Å². The van der Waals surface area contributed by atoms with Crippen molar-refractivity contribution in [3.8, 4) is 5.75 Å². The van der Waals surface area contributed by atoms with Gasteiger partial charge in [-0.3, -0.25) is 0 Å². The molecule has 2 aromatic rings. The first-order chi connectivity index (χ1) is 10.2. The number of H-pyrrole nitrogens is 1. The average molecular weight is 307 g/mol. The Bertz CT molecular complexity index is 570. The van der Waals surface area contributed by atoms with Gasteiger partial charge < -0.3 is 15.0 Å². The van der Waals surface area contributed by atoms with Crippen LogP contribution in [0.2, 0.25) is 0 Å². The van der Waals surface area contributed by atoms with Crippen molar-refractivity contribution >= 4 is 22.8 Å². The highest BCUT2D eigenvalue weighted by molar-refractivity contribution is 7.99. The van der Waals surface area contributed by atoms with Crippen LogP contribution in [0.25, 0.3) is 11.0 Å². The van der Waals surface area contributed by atoms with Crippen molar-refractivity contribution < 1.29 is 4.74 Å². The van der Waals surface area contributed by atoms with Crippen LogP contribution in [0, 0.1) is 0 Å². The summed E-state index contributed by atoms with van der Waals surface area (Å²) in [5.41, 5.74) is 2.02. The van der Waals surface area contributed by atoms with Crippen molar-refractivity contribution in [2.45, 2.75) is 49.6 Å². The number of aromatic nitrogens is 2. The van der Waals surface area contributed by atoms with E-state index in [0.29, 0.717) is 11.3 Å². The monoisotopic (exact) mass is 307 g/mol. The second-order valence-corrected chi connectivity index (χ2v) is 6.40. The summed E-state index contributed by atoms with van der Waals surface area (Å²) in [5.74, 6) is 0.855. The minimum Gasteiger partial charge on any atom is -0.497 e. The molecule has 5 heteroatoms. The van der Waals surface area contributed by atoms with E-state index in [1.807, 2.05) is 37.0 Å². The van der Waals surface area contributed by atoms with Crippen LogP contribution < -0.4 is 10.1 Å². The summed E-state index contributed by atoms with van der Waals surface area (Å²) in [7, 11) is 3.73. The molecular weight excluding hydrogens is 282 g/mol. The quantitative estimate of drug-likeness (QED) is 0.728. The van der Waals surface area contributed by atoms with Crippen LogP contribution in [0.3, 0.4) is 0 Å². The number of rotatable bonds is 8. The molecule has 0 amide bonds. The number of hydrogen-bond donors (Lipinski definition) is 2. The van der Waals surface area contributed by atoms with Gasteiger partial charge in [0, 0.05) is 17.4 Å². The first-order valence-electron chi connectivity index (χ1n) is 7.59. The topological polar surface area (TPSA) is 49.9 Å². The molecule has 0 radical (unpaired) electrons. The predicted molar refractivity (Wildman–Crippen MR) is 90.3 cm³/mol. The maximum Gasteiger partial charge on any atom is 0.166 e. The molecule has 0 aliphatic rings. The summed E-state index contributed by atoms with van der Waals surface area (Å²) >= 11 is 1.83. The lowest BCUT2D eigenvalue weighted by Gasteiger charge is -2.24. The minimum atomic E-state index is 0.521. The van der Waals surface area contributed by atoms with Crippen LogP contribution in [-0.4, -0.2) is 35.4 Å². The molecule has 0 fully saturated rings. The number of methoxy groups -OCH3 is 1. The van der Waals surface area contributed by atoms with Crippen LogP contribution in [0.4, 0.5) is 0 Å². The normalized spacial score (nSPS) is 14.3. The number of benzene rings is 1. The van der Waals surface area contributed by atoms with Crippen LogP contribution in [0.15, 0.2) is 23.4 Å². The Morgan fingerprint density at radius 1 is 1.38 bits per heavy atom. The number of nitrogens with zero attached hydrogens (tertiary/aromatic N) is 1. The fourth-order valence-corrected chi connectivity index (χ4v) is 3.78. The molecule has 0 saturated carbocycles. The highest BCUT2D eigenvalue weighted by Gasteiger charge is 2.20. The standard InChI is InChI=1S/C16H25N3OS/c1-5-7-13(17-3)15(6-2)21-16-18-12-9-8-11(20-4)10-14(12)19-16/h8-10,13,15,17H,5-7H2,1-4H3,(H,18,19). The summed E-state index contributed by atoms with van der Waals surface area (Å²) in [6, 6.07) is 6.46. The third-order valence-electron chi connectivity index (χ3n) is 3.75. The van der Waals surface area contributed by atoms with Crippen LogP contribution in [0.5, 0.6) is 5.75 Å². The van der Waals surface area contributed by atoms with Crippen molar-refractivity contribution in [2.75, 3.05) is 14.2 Å². The van der Waals surface area contributed by atoms with E-state index in [4.69, 9.17) is 4.74 Å². The zero-order valence-electron chi connectivity index (χ0n) is 13.3. The molecule has 2 rings (SSSR count). The fourth-order valence-electron chi connectivity index (χ4n) is 2.57. The second kappa shape index (κ2) is 7.71. The van der Waals surface area contributed by atoms with Gasteiger partial charge in [0.2, 0.25) is 0 Å². The SMILES string of the molecule is CCCC(NC)C(CC)Sc1nc2ccc(OC)cc2[nH]1. The maximum absolute atomic E-state index is 5.26. The maximum atomic E-state index is 5.26. The van der Waals surface area contributed by atoms with Gasteiger partial charge in [-0.05, 0) is 32.0 Å². The predicted octanol–water partition coefficient (Wildman–Crippen LogP) is 3.83. The molecule has 0 aliphatic carbocycles. The Morgan fingerprint density at radius 3 is 2.81 bits per heavy atom. The number of thioether (sulfide) groups is 1. The van der Waals surface area contributed by atoms with Crippen molar-refractivity contribution in [3.63, 3.8) is 0 Å². The molecule has 21 heavy (non-hydrogen) atoms. The van der Waals surface area contributed by atoms with E-state index in [1.54, 1.807) is 7.11 Å². The van der Waals surface area contributed by atoms with Crippen molar-refractivity contribution in [3.05, 3.63) is 18.2 Å². The van der Waals surface area contributed by atoms with Gasteiger partial charge in [0.25, 0.3) is 0 Å². The van der Waals surface area contributed by atoms with E-state index >= 15 is 0 Å². The van der Waals surface area contributed by atoms with Gasteiger partial charge in [-0.25, -0.2) is 4.98 Å². The molecular formula is C16H25N3OS. The smallest absolute Gasteiger partial charge is 0.166 e. The zero-order chi connectivity index (χ0) is 15.2. The Morgan fingerprint density at radius 2 is 2.19 bits per heavy atom. The highest BCUT2D eigenvalue weighted by Crippen LogP contribution is 2.29. The Labute approximate surface area is 131 Å². The third-order valence-corrected chi connectivity index (χ3v) is 5.13. The first-order valence-corrected chi connectivity index (χ1v) is 8.47. The van der Waals surface area contributed by atoms with Gasteiger partial charge in [-0.15, -0.1) is 0 Å². The number of aromatic amines is 1. The molecule has 0 saturated heterocycles. The van der Waals surface area contributed by atoms with E-state index in [1.165, 1.54) is 12.8 Å². The zero-order valence-corrected chi connectivity index (χ0v) is 14.1. The van der Waals surface area contributed by atoms with Crippen molar-refractivity contribution in [1.29, 1.82) is 0 Å². The Hall–Kier alpha value is -1.20. The first kappa shape index (κ1) is 16.2. The molecule has 116 valence electrons. The van der Waals surface area contributed by atoms with E-state index < -0.39 is 0 Å². The fraction of sp³-hybridized carbons (Fsp3) is 0.562. The van der Waals surface area contributed by atoms with Crippen LogP contribution >= 0.6 is 11.8 Å². The molecule has 4 nitrogen and oxygen atoms in total. The lowest BCUT2D eigenvalue weighted by Crippen LogP contribution is -2.35. The highest BCUT2D eigenvalue weighted by atomic mass is 32.2. The van der Waals surface area contributed by atoms with Gasteiger partial charge in [-0.2, -0.15) is 0 Å². The Kier molecular flexibility index (Phi) is 5.94. The number of nitrogens with one attached hydrogen (secondary N) is 2. The molecule has 1 heterocycles. The number of fused-ring (bicyclic) bond motifs is 1. The molecule has 1 aromatic heterocycles. The van der Waals surface area contributed by atoms with E-state index in [-0.39, 0.29) is 0 Å². The van der Waals surface area contributed by atoms with Gasteiger partial charge in [0.1, 0.15) is 5.75 Å². The second-order valence-electron chi connectivity index (χ2n) is 5.17. The number of hydrogen-bond acceptors (Lipinski definition) is 4. The summed E-state index contributed by atoms with van der Waals surface area (Å²) < 4.78 is 5.26. The van der Waals surface area contributed by atoms with Crippen molar-refractivity contribution in [1.82, 2.24) is 15.3 Å². The molecule has 2 unspecified atom stereocenters. The van der Waals surface area contributed by atoms with Crippen LogP contribution in [-0.2, 0) is 0 Å². The van der Waals surface area contributed by atoms with Gasteiger partial charge in [0.15, 0.2) is 5.16 Å². The van der Waals surface area contributed by atoms with E-state index in [2.05, 4.69) is 29.1 Å². The van der Waals surface area contributed by atoms with Gasteiger partial charge in [-0.1, -0.05) is 32.0 Å². The Balaban J connectivity index is 2.17. The van der Waals surface area contributed by atoms with Gasteiger partial charge in [0.05, 0.1) is 18.1 Å². The third kappa shape index (κ3) is 3.92. The van der Waals surface area contributed by atoms with Crippen molar-refractivity contribution in [2.24, 2.45) is 0 Å². The van der Waals surface area contributed by atoms with E-state index in [0.717, 1.165) is 28.4 Å². The summed E-state index contributed by atoms with van der Waals surface area (Å²) in [4.78, 5) is 8.08. The molecule has 2 atom stereocenters. The largest absolute Gasteiger partial charge is 0.497 e. The van der Waals surface area contributed by atoms with Gasteiger partial charge >= 0.3 is 0 Å². The molecule has 1 aromatic carbocycles. The molecule has 0 bridgehead atoms. The average Bonchev–Trinajstić information content (AvgIpc) is 2.91. The summed E-state index contributed by atoms with van der Waals surface area (Å²) in [5, 5.41) is 4.96. The summed E-state index contributed by atoms with van der Waals surface area (Å²) in [6.45, 7) is 4.47.